The number of rotatable bonds is 4. The van der Waals surface area contributed by atoms with Gasteiger partial charge in [-0.3, -0.25) is 9.59 Å². The molecule has 0 bridgehead atoms. The van der Waals surface area contributed by atoms with Crippen LogP contribution < -0.4 is 5.32 Å². The fourth-order valence-electron chi connectivity index (χ4n) is 1.92. The molecule has 1 aliphatic rings. The van der Waals surface area contributed by atoms with E-state index in [1.807, 2.05) is 0 Å². The molecule has 0 heterocycles. The molecule has 0 saturated heterocycles. The fraction of sp³-hybridized carbons (Fsp3) is 0.133. The third-order valence-electron chi connectivity index (χ3n) is 3.19. The van der Waals surface area contributed by atoms with Crippen LogP contribution >= 0.6 is 0 Å². The first-order valence-corrected chi connectivity index (χ1v) is 6.12. The molecular formula is C15H13NO5. The molecule has 1 aliphatic carbocycles. The van der Waals surface area contributed by atoms with E-state index in [0.717, 1.165) is 13.0 Å². The zero-order valence-electron chi connectivity index (χ0n) is 11.2. The Labute approximate surface area is 120 Å². The van der Waals surface area contributed by atoms with Crippen LogP contribution in [0.3, 0.4) is 0 Å². The summed E-state index contributed by atoms with van der Waals surface area (Å²) in [5, 5.41) is 21.6. The van der Waals surface area contributed by atoms with Crippen molar-refractivity contribution in [1.29, 1.82) is 0 Å². The number of para-hydroxylation sites is 1. The first kappa shape index (κ1) is 14.7. The molecule has 0 saturated carbocycles. The summed E-state index contributed by atoms with van der Waals surface area (Å²) in [4.78, 5) is 34.3. The quantitative estimate of drug-likeness (QED) is 0.566. The van der Waals surface area contributed by atoms with Gasteiger partial charge in [0.1, 0.15) is 0 Å². The SMILES string of the molecule is CC(=O)C1(O)C=C/C(=C/Nc2ccccc2C(=O)O)C1=O. The Hall–Kier alpha value is -2.73. The number of hydrogen-bond acceptors (Lipinski definition) is 5. The highest BCUT2D eigenvalue weighted by Gasteiger charge is 2.43. The van der Waals surface area contributed by atoms with Gasteiger partial charge < -0.3 is 15.5 Å². The van der Waals surface area contributed by atoms with Gasteiger partial charge in [0.05, 0.1) is 11.3 Å². The number of carboxylic acids is 1. The molecule has 0 spiro atoms. The van der Waals surface area contributed by atoms with Crippen LogP contribution in [-0.4, -0.2) is 33.3 Å². The Balaban J connectivity index is 2.25. The number of carbonyl (C=O) groups excluding carboxylic acids is 2. The second-order valence-corrected chi connectivity index (χ2v) is 4.58. The fourth-order valence-corrected chi connectivity index (χ4v) is 1.92. The Morgan fingerprint density at radius 1 is 1.29 bits per heavy atom. The van der Waals surface area contributed by atoms with Gasteiger partial charge in [0.2, 0.25) is 11.4 Å². The van der Waals surface area contributed by atoms with E-state index in [1.54, 1.807) is 18.2 Å². The number of ketones is 2. The van der Waals surface area contributed by atoms with Crippen LogP contribution in [0.15, 0.2) is 48.2 Å². The molecule has 1 atom stereocenters. The summed E-state index contributed by atoms with van der Waals surface area (Å²) < 4.78 is 0. The molecular weight excluding hydrogens is 274 g/mol. The van der Waals surface area contributed by atoms with Crippen molar-refractivity contribution >= 4 is 23.2 Å². The van der Waals surface area contributed by atoms with Crippen molar-refractivity contribution in [2.24, 2.45) is 0 Å². The summed E-state index contributed by atoms with van der Waals surface area (Å²) >= 11 is 0. The predicted molar refractivity (Wildman–Crippen MR) is 74.9 cm³/mol. The van der Waals surface area contributed by atoms with Crippen molar-refractivity contribution in [3.63, 3.8) is 0 Å². The molecule has 0 aromatic heterocycles. The van der Waals surface area contributed by atoms with Crippen LogP contribution in [0.1, 0.15) is 17.3 Å². The topological polar surface area (TPSA) is 104 Å². The third-order valence-corrected chi connectivity index (χ3v) is 3.19. The number of anilines is 1. The van der Waals surface area contributed by atoms with E-state index in [-0.39, 0.29) is 11.1 Å². The minimum absolute atomic E-state index is 0.0469. The summed E-state index contributed by atoms with van der Waals surface area (Å²) in [5.74, 6) is -2.52. The average Bonchev–Trinajstić information content (AvgIpc) is 2.74. The predicted octanol–water partition coefficient (Wildman–Crippen LogP) is 1.14. The Bertz CT molecular complexity index is 689. The molecule has 108 valence electrons. The zero-order chi connectivity index (χ0) is 15.6. The summed E-state index contributed by atoms with van der Waals surface area (Å²) in [6, 6.07) is 6.19. The highest BCUT2D eigenvalue weighted by molar-refractivity contribution is 6.21. The lowest BCUT2D eigenvalue weighted by molar-refractivity contribution is -0.141. The number of aromatic carboxylic acids is 1. The zero-order valence-corrected chi connectivity index (χ0v) is 11.2. The van der Waals surface area contributed by atoms with Crippen molar-refractivity contribution in [2.45, 2.75) is 12.5 Å². The van der Waals surface area contributed by atoms with Crippen molar-refractivity contribution in [2.75, 3.05) is 5.32 Å². The smallest absolute Gasteiger partial charge is 0.337 e. The minimum atomic E-state index is -2.13. The molecule has 21 heavy (non-hydrogen) atoms. The second-order valence-electron chi connectivity index (χ2n) is 4.58. The van der Waals surface area contributed by atoms with Gasteiger partial charge in [-0.1, -0.05) is 18.2 Å². The van der Waals surface area contributed by atoms with Crippen LogP contribution in [0.25, 0.3) is 0 Å². The molecule has 2 rings (SSSR count). The number of allylic oxidation sites excluding steroid dienone is 1. The molecule has 0 radical (unpaired) electrons. The number of benzene rings is 1. The second kappa shape index (κ2) is 5.34. The Kier molecular flexibility index (Phi) is 3.73. The van der Waals surface area contributed by atoms with E-state index in [4.69, 9.17) is 5.11 Å². The first-order valence-electron chi connectivity index (χ1n) is 6.12. The molecule has 0 aliphatic heterocycles. The van der Waals surface area contributed by atoms with E-state index in [0.29, 0.717) is 5.69 Å². The summed E-state index contributed by atoms with van der Waals surface area (Å²) in [7, 11) is 0. The molecule has 0 amide bonds. The van der Waals surface area contributed by atoms with Gasteiger partial charge in [0.25, 0.3) is 0 Å². The van der Waals surface area contributed by atoms with Crippen molar-refractivity contribution in [3.05, 3.63) is 53.8 Å². The normalized spacial score (nSPS) is 22.6. The van der Waals surface area contributed by atoms with Gasteiger partial charge in [0.15, 0.2) is 5.78 Å². The van der Waals surface area contributed by atoms with Crippen LogP contribution in [0.2, 0.25) is 0 Å². The van der Waals surface area contributed by atoms with E-state index in [2.05, 4.69) is 5.32 Å². The molecule has 0 fully saturated rings. The summed E-state index contributed by atoms with van der Waals surface area (Å²) in [5.41, 5.74) is -1.68. The lowest BCUT2D eigenvalue weighted by Crippen LogP contribution is -2.41. The largest absolute Gasteiger partial charge is 0.478 e. The number of aliphatic hydroxyl groups is 1. The van der Waals surface area contributed by atoms with Gasteiger partial charge in [-0.15, -0.1) is 0 Å². The summed E-state index contributed by atoms with van der Waals surface area (Å²) in [6.07, 6.45) is 3.70. The number of nitrogens with one attached hydrogen (secondary N) is 1. The van der Waals surface area contributed by atoms with Crippen LogP contribution in [0, 0.1) is 0 Å². The van der Waals surface area contributed by atoms with Gasteiger partial charge in [-0.2, -0.15) is 0 Å². The molecule has 6 heteroatoms. The number of hydrogen-bond donors (Lipinski definition) is 3. The molecule has 1 unspecified atom stereocenters. The Morgan fingerprint density at radius 3 is 2.52 bits per heavy atom. The molecule has 6 nitrogen and oxygen atoms in total. The molecule has 1 aromatic carbocycles. The maximum absolute atomic E-state index is 12.0. The maximum atomic E-state index is 12.0. The Morgan fingerprint density at radius 2 is 1.95 bits per heavy atom. The first-order chi connectivity index (χ1) is 9.86. The maximum Gasteiger partial charge on any atom is 0.337 e. The standard InChI is InChI=1S/C15H13NO5/c1-9(17)15(21)7-6-10(13(15)18)8-16-12-5-3-2-4-11(12)14(19)20/h2-8,16,21H,1H3,(H,19,20)/b10-8-. The van der Waals surface area contributed by atoms with Crippen molar-refractivity contribution < 1.29 is 24.6 Å². The van der Waals surface area contributed by atoms with Crippen LogP contribution in [0.5, 0.6) is 0 Å². The average molecular weight is 287 g/mol. The van der Waals surface area contributed by atoms with E-state index in [9.17, 15) is 19.5 Å². The van der Waals surface area contributed by atoms with E-state index < -0.39 is 23.1 Å². The number of carbonyl (C=O) groups is 3. The van der Waals surface area contributed by atoms with Crippen LogP contribution in [-0.2, 0) is 9.59 Å². The minimum Gasteiger partial charge on any atom is -0.478 e. The van der Waals surface area contributed by atoms with Crippen molar-refractivity contribution in [1.82, 2.24) is 0 Å². The highest BCUT2D eigenvalue weighted by Crippen LogP contribution is 2.25. The lowest BCUT2D eigenvalue weighted by atomic mass is 9.96. The van der Waals surface area contributed by atoms with E-state index in [1.165, 1.54) is 18.3 Å². The van der Waals surface area contributed by atoms with Crippen molar-refractivity contribution in [3.8, 4) is 0 Å². The molecule has 3 N–H and O–H groups in total. The third kappa shape index (κ3) is 2.61. The summed E-state index contributed by atoms with van der Waals surface area (Å²) in [6.45, 7) is 1.12. The van der Waals surface area contributed by atoms with Gasteiger partial charge >= 0.3 is 5.97 Å². The lowest BCUT2D eigenvalue weighted by Gasteiger charge is -2.14. The molecule has 1 aromatic rings. The van der Waals surface area contributed by atoms with Gasteiger partial charge in [-0.05, 0) is 25.1 Å². The highest BCUT2D eigenvalue weighted by atomic mass is 16.4. The number of Topliss-reactive ketones (excluding diaryl/α,β-unsaturated/α-hetero) is 2. The van der Waals surface area contributed by atoms with E-state index >= 15 is 0 Å². The van der Waals surface area contributed by atoms with Gasteiger partial charge in [-0.25, -0.2) is 4.79 Å². The number of carboxylic acid groups (broad SMARTS) is 1. The monoisotopic (exact) mass is 287 g/mol. The van der Waals surface area contributed by atoms with Gasteiger partial charge in [0, 0.05) is 11.8 Å². The van der Waals surface area contributed by atoms with Crippen LogP contribution in [0.4, 0.5) is 5.69 Å².